The van der Waals surface area contributed by atoms with Crippen LogP contribution in [0.5, 0.6) is 0 Å². The molecule has 2 rings (SSSR count). The number of halogens is 1. The summed E-state index contributed by atoms with van der Waals surface area (Å²) in [5, 5.41) is 12.2. The van der Waals surface area contributed by atoms with Crippen LogP contribution in [-0.2, 0) is 0 Å². The predicted octanol–water partition coefficient (Wildman–Crippen LogP) is 3.51. The number of carbonyl (C=O) groups is 2. The number of carboxylic acids is 1. The number of nitrogens with one attached hydrogen (secondary N) is 1. The van der Waals surface area contributed by atoms with E-state index in [0.29, 0.717) is 15.4 Å². The summed E-state index contributed by atoms with van der Waals surface area (Å²) in [4.78, 5) is 25.0. The molecule has 114 valence electrons. The Morgan fingerprint density at radius 1 is 1.52 bits per heavy atom. The first-order chi connectivity index (χ1) is 10.0. The minimum Gasteiger partial charge on any atom is -0.478 e. The van der Waals surface area contributed by atoms with E-state index >= 15 is 0 Å². The Hall–Kier alpha value is -1.21. The fraction of sp³-hybridized carbons (Fsp3) is 0.429. The van der Waals surface area contributed by atoms with Crippen molar-refractivity contribution in [2.45, 2.75) is 18.6 Å². The molecule has 0 aliphatic carbocycles. The maximum Gasteiger partial charge on any atom is 0.335 e. The van der Waals surface area contributed by atoms with Crippen LogP contribution in [0.1, 0.15) is 23.7 Å². The Morgan fingerprint density at radius 3 is 2.90 bits per heavy atom. The molecule has 2 amide bonds. The van der Waals surface area contributed by atoms with Crippen LogP contribution in [0.15, 0.2) is 22.7 Å². The van der Waals surface area contributed by atoms with E-state index in [4.69, 9.17) is 5.11 Å². The van der Waals surface area contributed by atoms with Gasteiger partial charge in [-0.3, -0.25) is 0 Å². The van der Waals surface area contributed by atoms with Crippen LogP contribution < -0.4 is 5.32 Å². The molecular formula is C14H17BrN2O3S. The van der Waals surface area contributed by atoms with Gasteiger partial charge in [0, 0.05) is 28.6 Å². The molecule has 1 aromatic carbocycles. The maximum atomic E-state index is 12.3. The van der Waals surface area contributed by atoms with Crippen molar-refractivity contribution in [3.05, 3.63) is 28.2 Å². The van der Waals surface area contributed by atoms with E-state index in [2.05, 4.69) is 28.2 Å². The lowest BCUT2D eigenvalue weighted by atomic mass is 10.2. The largest absolute Gasteiger partial charge is 0.478 e. The summed E-state index contributed by atoms with van der Waals surface area (Å²) in [5.41, 5.74) is 0.761. The number of carboxylic acid groups (broad SMARTS) is 1. The molecule has 1 aliphatic rings. The third-order valence-corrected chi connectivity index (χ3v) is 5.37. The van der Waals surface area contributed by atoms with Crippen LogP contribution in [0.2, 0.25) is 0 Å². The average molecular weight is 373 g/mol. The van der Waals surface area contributed by atoms with E-state index in [-0.39, 0.29) is 11.6 Å². The van der Waals surface area contributed by atoms with Crippen LogP contribution in [0.3, 0.4) is 0 Å². The van der Waals surface area contributed by atoms with Crippen molar-refractivity contribution < 1.29 is 14.7 Å². The number of rotatable bonds is 3. The molecule has 1 aliphatic heterocycles. The monoisotopic (exact) mass is 372 g/mol. The summed E-state index contributed by atoms with van der Waals surface area (Å²) in [7, 11) is 0. The fourth-order valence-corrected chi connectivity index (χ4v) is 3.75. The molecular weight excluding hydrogens is 356 g/mol. The molecule has 0 bridgehead atoms. The molecule has 1 aromatic rings. The summed E-state index contributed by atoms with van der Waals surface area (Å²) in [6.45, 7) is 3.61. The highest BCUT2D eigenvalue weighted by Crippen LogP contribution is 2.25. The van der Waals surface area contributed by atoms with Gasteiger partial charge in [0.15, 0.2) is 0 Å². The van der Waals surface area contributed by atoms with E-state index in [9.17, 15) is 9.59 Å². The molecule has 1 saturated heterocycles. The lowest BCUT2D eigenvalue weighted by molar-refractivity contribution is 0.0697. The highest BCUT2D eigenvalue weighted by molar-refractivity contribution is 9.10. The smallest absolute Gasteiger partial charge is 0.335 e. The number of hydrogen-bond donors (Lipinski definition) is 2. The second-order valence-corrected chi connectivity index (χ2v) is 7.04. The van der Waals surface area contributed by atoms with Gasteiger partial charge in [0.2, 0.25) is 0 Å². The van der Waals surface area contributed by atoms with E-state index in [0.717, 1.165) is 25.3 Å². The van der Waals surface area contributed by atoms with Crippen molar-refractivity contribution in [3.8, 4) is 0 Å². The van der Waals surface area contributed by atoms with Gasteiger partial charge in [-0.1, -0.05) is 6.92 Å². The molecule has 0 radical (unpaired) electrons. The summed E-state index contributed by atoms with van der Waals surface area (Å²) >= 11 is 5.20. The van der Waals surface area contributed by atoms with Gasteiger partial charge in [-0.2, -0.15) is 11.8 Å². The van der Waals surface area contributed by atoms with Crippen LogP contribution in [0.25, 0.3) is 0 Å². The van der Waals surface area contributed by atoms with Crippen LogP contribution >= 0.6 is 27.7 Å². The van der Waals surface area contributed by atoms with Crippen molar-refractivity contribution in [1.29, 1.82) is 0 Å². The number of hydrogen-bond acceptors (Lipinski definition) is 3. The van der Waals surface area contributed by atoms with Crippen molar-refractivity contribution in [3.63, 3.8) is 0 Å². The van der Waals surface area contributed by atoms with Gasteiger partial charge in [0.1, 0.15) is 0 Å². The van der Waals surface area contributed by atoms with Gasteiger partial charge in [0.25, 0.3) is 0 Å². The highest BCUT2D eigenvalue weighted by atomic mass is 79.9. The van der Waals surface area contributed by atoms with Crippen LogP contribution in [0, 0.1) is 0 Å². The zero-order valence-electron chi connectivity index (χ0n) is 11.6. The molecule has 1 fully saturated rings. The van der Waals surface area contributed by atoms with Gasteiger partial charge in [-0.05, 0) is 40.5 Å². The fourth-order valence-electron chi connectivity index (χ4n) is 2.09. The molecule has 0 saturated carbocycles. The number of benzene rings is 1. The normalized spacial score (nSPS) is 18.4. The summed E-state index contributed by atoms with van der Waals surface area (Å²) in [5.74, 6) is -0.0437. The van der Waals surface area contributed by atoms with E-state index < -0.39 is 5.97 Å². The molecule has 2 N–H and O–H groups in total. The van der Waals surface area contributed by atoms with Gasteiger partial charge < -0.3 is 15.3 Å². The van der Waals surface area contributed by atoms with Gasteiger partial charge in [-0.15, -0.1) is 0 Å². The number of amides is 2. The summed E-state index contributed by atoms with van der Waals surface area (Å²) < 4.78 is 0.564. The average Bonchev–Trinajstić information content (AvgIpc) is 2.49. The minimum absolute atomic E-state index is 0.141. The first kappa shape index (κ1) is 16.2. The third-order valence-electron chi connectivity index (χ3n) is 3.34. The van der Waals surface area contributed by atoms with Crippen molar-refractivity contribution in [2.75, 3.05) is 24.2 Å². The number of anilines is 1. The first-order valence-electron chi connectivity index (χ1n) is 6.71. The maximum absolute atomic E-state index is 12.3. The SMILES string of the molecule is CCC1CN(C(=O)Nc2ccc(C(=O)O)cc2Br)CCS1. The summed E-state index contributed by atoms with van der Waals surface area (Å²) in [6.07, 6.45) is 1.05. The zero-order valence-corrected chi connectivity index (χ0v) is 14.0. The van der Waals surface area contributed by atoms with Gasteiger partial charge in [0.05, 0.1) is 11.3 Å². The van der Waals surface area contributed by atoms with Crippen LogP contribution in [0.4, 0.5) is 10.5 Å². The Balaban J connectivity index is 2.04. The predicted molar refractivity (Wildman–Crippen MR) is 88.2 cm³/mol. The molecule has 5 nitrogen and oxygen atoms in total. The lowest BCUT2D eigenvalue weighted by Crippen LogP contribution is -2.44. The van der Waals surface area contributed by atoms with E-state index in [1.807, 2.05) is 16.7 Å². The number of nitrogens with zero attached hydrogens (tertiary/aromatic N) is 1. The Labute approximate surface area is 136 Å². The number of thioether (sulfide) groups is 1. The minimum atomic E-state index is -0.993. The summed E-state index contributed by atoms with van der Waals surface area (Å²) in [6, 6.07) is 4.42. The first-order valence-corrected chi connectivity index (χ1v) is 8.55. The number of aromatic carboxylic acids is 1. The standard InChI is InChI=1S/C14H17BrN2O3S/c1-2-10-8-17(5-6-21-10)14(20)16-12-4-3-9(13(18)19)7-11(12)15/h3-4,7,10H,2,5-6,8H2,1H3,(H,16,20)(H,18,19). The van der Waals surface area contributed by atoms with E-state index in [1.165, 1.54) is 12.1 Å². The van der Waals surface area contributed by atoms with Crippen molar-refractivity contribution in [2.24, 2.45) is 0 Å². The molecule has 0 aromatic heterocycles. The van der Waals surface area contributed by atoms with Crippen molar-refractivity contribution >= 4 is 45.4 Å². The van der Waals surface area contributed by atoms with Gasteiger partial charge in [-0.25, -0.2) is 9.59 Å². The molecule has 1 unspecified atom stereocenters. The Morgan fingerprint density at radius 2 is 2.29 bits per heavy atom. The number of carbonyl (C=O) groups excluding carboxylic acids is 1. The van der Waals surface area contributed by atoms with Crippen molar-refractivity contribution in [1.82, 2.24) is 4.90 Å². The second-order valence-electron chi connectivity index (χ2n) is 4.78. The third kappa shape index (κ3) is 4.14. The second kappa shape index (κ2) is 7.17. The van der Waals surface area contributed by atoms with Crippen LogP contribution in [-0.4, -0.2) is 46.1 Å². The Kier molecular flexibility index (Phi) is 5.52. The quantitative estimate of drug-likeness (QED) is 0.851. The topological polar surface area (TPSA) is 69.6 Å². The highest BCUT2D eigenvalue weighted by Gasteiger charge is 2.23. The molecule has 21 heavy (non-hydrogen) atoms. The molecule has 1 heterocycles. The zero-order chi connectivity index (χ0) is 15.4. The molecule has 7 heteroatoms. The molecule has 0 spiro atoms. The van der Waals surface area contributed by atoms with Gasteiger partial charge >= 0.3 is 12.0 Å². The molecule has 1 atom stereocenters. The lowest BCUT2D eigenvalue weighted by Gasteiger charge is -2.32. The number of urea groups is 1. The Bertz CT molecular complexity index is 553. The van der Waals surface area contributed by atoms with E-state index in [1.54, 1.807) is 6.07 Å².